The number of ether oxygens (including phenoxy) is 2. The first-order valence-electron chi connectivity index (χ1n) is 11.4. The van der Waals surface area contributed by atoms with E-state index in [4.69, 9.17) is 9.47 Å². The zero-order chi connectivity index (χ0) is 23.7. The fourth-order valence-electron chi connectivity index (χ4n) is 4.74. The second-order valence-corrected chi connectivity index (χ2v) is 8.85. The molecule has 0 saturated carbocycles. The second-order valence-electron chi connectivity index (χ2n) is 8.85. The molecule has 1 fully saturated rings. The highest BCUT2D eigenvalue weighted by Gasteiger charge is 2.40. The number of esters is 1. The number of fused-ring (bicyclic) bond motifs is 1. The predicted octanol–water partition coefficient (Wildman–Crippen LogP) is 3.82. The van der Waals surface area contributed by atoms with Crippen LogP contribution in [0.2, 0.25) is 0 Å². The van der Waals surface area contributed by atoms with E-state index < -0.39 is 17.7 Å². The molecule has 0 amide bonds. The van der Waals surface area contributed by atoms with Gasteiger partial charge in [-0.05, 0) is 54.8 Å². The normalized spacial score (nSPS) is 21.9. The molecule has 2 aliphatic heterocycles. The van der Waals surface area contributed by atoms with Gasteiger partial charge < -0.3 is 19.7 Å². The van der Waals surface area contributed by atoms with Crippen LogP contribution in [0.4, 0.5) is 4.39 Å². The van der Waals surface area contributed by atoms with Crippen LogP contribution < -0.4 is 9.47 Å². The number of hydrogen-bond donors (Lipinski definition) is 2. The van der Waals surface area contributed by atoms with Crippen LogP contribution >= 0.6 is 0 Å². The SMILES string of the molecule is O=C(Oc1ccc2c(c1)OC[C@@H](N1CCC(O)(c3ccc(F)cc3)CC1)[C@H]2O)c1ccccc1. The van der Waals surface area contributed by atoms with Gasteiger partial charge in [0.25, 0.3) is 0 Å². The van der Waals surface area contributed by atoms with Crippen molar-refractivity contribution < 1.29 is 28.9 Å². The van der Waals surface area contributed by atoms with Gasteiger partial charge in [-0.25, -0.2) is 9.18 Å². The highest BCUT2D eigenvalue weighted by Crippen LogP contribution is 2.40. The monoisotopic (exact) mass is 463 g/mol. The van der Waals surface area contributed by atoms with E-state index in [1.165, 1.54) is 12.1 Å². The summed E-state index contributed by atoms with van der Waals surface area (Å²) in [7, 11) is 0. The summed E-state index contributed by atoms with van der Waals surface area (Å²) < 4.78 is 24.7. The zero-order valence-electron chi connectivity index (χ0n) is 18.6. The van der Waals surface area contributed by atoms with Crippen molar-refractivity contribution in [2.24, 2.45) is 0 Å². The van der Waals surface area contributed by atoms with E-state index in [0.717, 1.165) is 0 Å². The van der Waals surface area contributed by atoms with Crippen LogP contribution in [-0.2, 0) is 5.60 Å². The van der Waals surface area contributed by atoms with E-state index in [-0.39, 0.29) is 18.5 Å². The van der Waals surface area contributed by atoms with Crippen molar-refractivity contribution in [1.29, 1.82) is 0 Å². The van der Waals surface area contributed by atoms with Gasteiger partial charge >= 0.3 is 5.97 Å². The van der Waals surface area contributed by atoms with Crippen LogP contribution in [0.5, 0.6) is 11.5 Å². The zero-order valence-corrected chi connectivity index (χ0v) is 18.6. The Labute approximate surface area is 197 Å². The van der Waals surface area contributed by atoms with E-state index in [9.17, 15) is 19.4 Å². The lowest BCUT2D eigenvalue weighted by Crippen LogP contribution is -2.52. The Balaban J connectivity index is 1.24. The third kappa shape index (κ3) is 4.42. The number of likely N-dealkylation sites (tertiary alicyclic amines) is 1. The lowest BCUT2D eigenvalue weighted by molar-refractivity contribution is -0.0665. The van der Waals surface area contributed by atoms with Crippen molar-refractivity contribution in [2.75, 3.05) is 19.7 Å². The first-order valence-corrected chi connectivity index (χ1v) is 11.4. The maximum absolute atomic E-state index is 13.3. The average Bonchev–Trinajstić information content (AvgIpc) is 2.86. The van der Waals surface area contributed by atoms with Gasteiger partial charge in [-0.15, -0.1) is 0 Å². The number of benzene rings is 3. The molecule has 34 heavy (non-hydrogen) atoms. The minimum atomic E-state index is -1.01. The van der Waals surface area contributed by atoms with E-state index in [0.29, 0.717) is 54.1 Å². The lowest BCUT2D eigenvalue weighted by Gasteiger charge is -2.44. The molecule has 2 heterocycles. The molecule has 5 rings (SSSR count). The number of carbonyl (C=O) groups excluding carboxylic acids is 1. The summed E-state index contributed by atoms with van der Waals surface area (Å²) in [6, 6.07) is 19.4. The summed E-state index contributed by atoms with van der Waals surface area (Å²) in [6.45, 7) is 1.42. The molecule has 0 aromatic heterocycles. The van der Waals surface area contributed by atoms with Crippen molar-refractivity contribution >= 4 is 5.97 Å². The summed E-state index contributed by atoms with van der Waals surface area (Å²) in [5.41, 5.74) is 0.777. The van der Waals surface area contributed by atoms with Gasteiger partial charge in [0, 0.05) is 24.7 Å². The van der Waals surface area contributed by atoms with Crippen LogP contribution in [0.15, 0.2) is 72.8 Å². The number of halogens is 1. The number of aliphatic hydroxyl groups excluding tert-OH is 1. The predicted molar refractivity (Wildman–Crippen MR) is 123 cm³/mol. The third-order valence-corrected chi connectivity index (χ3v) is 6.77. The topological polar surface area (TPSA) is 79.2 Å². The second kappa shape index (κ2) is 9.18. The maximum Gasteiger partial charge on any atom is 0.343 e. The molecule has 0 bridgehead atoms. The molecular weight excluding hydrogens is 437 g/mol. The molecule has 1 saturated heterocycles. The van der Waals surface area contributed by atoms with Gasteiger partial charge in [0.2, 0.25) is 0 Å². The standard InChI is InChI=1S/C27H26FNO5/c28-20-8-6-19(7-9-20)27(32)12-14-29(15-13-27)23-17-33-24-16-21(10-11-22(24)25(23)30)34-26(31)18-4-2-1-3-5-18/h1-11,16,23,25,30,32H,12-15,17H2/t23-,25+/m1/s1. The highest BCUT2D eigenvalue weighted by atomic mass is 19.1. The first kappa shape index (κ1) is 22.5. The molecule has 0 radical (unpaired) electrons. The molecule has 2 aliphatic rings. The molecule has 0 unspecified atom stereocenters. The van der Waals surface area contributed by atoms with Crippen LogP contribution in [-0.4, -0.2) is 46.8 Å². The summed E-state index contributed by atoms with van der Waals surface area (Å²) >= 11 is 0. The number of nitrogens with zero attached hydrogens (tertiary/aromatic N) is 1. The van der Waals surface area contributed by atoms with Gasteiger partial charge in [0.05, 0.1) is 17.2 Å². The average molecular weight is 464 g/mol. The Morgan fingerprint density at radius 3 is 2.44 bits per heavy atom. The Bertz CT molecular complexity index is 1160. The molecule has 2 N–H and O–H groups in total. The van der Waals surface area contributed by atoms with Crippen LogP contribution in [0.3, 0.4) is 0 Å². The molecule has 176 valence electrons. The maximum atomic E-state index is 13.3. The molecular formula is C27H26FNO5. The fraction of sp³-hybridized carbons (Fsp3) is 0.296. The molecule has 3 aromatic carbocycles. The smallest absolute Gasteiger partial charge is 0.343 e. The number of aliphatic hydroxyl groups is 2. The van der Waals surface area contributed by atoms with E-state index in [1.54, 1.807) is 54.6 Å². The number of rotatable bonds is 4. The molecule has 3 aromatic rings. The van der Waals surface area contributed by atoms with Crippen molar-refractivity contribution in [2.45, 2.75) is 30.6 Å². The summed E-state index contributed by atoms with van der Waals surface area (Å²) in [5, 5.41) is 22.1. The van der Waals surface area contributed by atoms with Crippen molar-refractivity contribution in [3.05, 3.63) is 95.3 Å². The van der Waals surface area contributed by atoms with Crippen molar-refractivity contribution in [1.82, 2.24) is 4.90 Å². The molecule has 6 nitrogen and oxygen atoms in total. The minimum Gasteiger partial charge on any atom is -0.491 e. The van der Waals surface area contributed by atoms with Gasteiger partial charge in [-0.3, -0.25) is 4.90 Å². The van der Waals surface area contributed by atoms with E-state index >= 15 is 0 Å². The van der Waals surface area contributed by atoms with Crippen LogP contribution in [0.1, 0.15) is 40.4 Å². The first-order chi connectivity index (χ1) is 16.4. The fourth-order valence-corrected chi connectivity index (χ4v) is 4.74. The molecule has 0 spiro atoms. The Morgan fingerprint density at radius 1 is 1.03 bits per heavy atom. The molecule has 7 heteroatoms. The van der Waals surface area contributed by atoms with E-state index in [2.05, 4.69) is 4.90 Å². The van der Waals surface area contributed by atoms with E-state index in [1.807, 2.05) is 6.07 Å². The summed E-state index contributed by atoms with van der Waals surface area (Å²) in [5.74, 6) is 0.0446. The Morgan fingerprint density at radius 2 is 1.74 bits per heavy atom. The molecule has 2 atom stereocenters. The number of piperidine rings is 1. The highest BCUT2D eigenvalue weighted by molar-refractivity contribution is 5.91. The summed E-state index contributed by atoms with van der Waals surface area (Å²) in [4.78, 5) is 14.4. The largest absolute Gasteiger partial charge is 0.491 e. The lowest BCUT2D eigenvalue weighted by atomic mass is 9.83. The van der Waals surface area contributed by atoms with Crippen molar-refractivity contribution in [3.8, 4) is 11.5 Å². The van der Waals surface area contributed by atoms with Crippen molar-refractivity contribution in [3.63, 3.8) is 0 Å². The van der Waals surface area contributed by atoms with Crippen LogP contribution in [0, 0.1) is 5.82 Å². The van der Waals surface area contributed by atoms with Gasteiger partial charge in [0.1, 0.15) is 30.0 Å². The quantitative estimate of drug-likeness (QED) is 0.452. The van der Waals surface area contributed by atoms with Gasteiger partial charge in [0.15, 0.2) is 0 Å². The van der Waals surface area contributed by atoms with Gasteiger partial charge in [-0.2, -0.15) is 0 Å². The number of hydrogen-bond acceptors (Lipinski definition) is 6. The number of carbonyl (C=O) groups is 1. The Kier molecular flexibility index (Phi) is 6.08. The summed E-state index contributed by atoms with van der Waals surface area (Å²) in [6.07, 6.45) is 0.172. The minimum absolute atomic E-state index is 0.261. The third-order valence-electron chi connectivity index (χ3n) is 6.77. The van der Waals surface area contributed by atoms with Crippen LogP contribution in [0.25, 0.3) is 0 Å². The van der Waals surface area contributed by atoms with Gasteiger partial charge in [-0.1, -0.05) is 30.3 Å². The Hall–Kier alpha value is -3.26. The molecule has 0 aliphatic carbocycles.